The fourth-order valence-corrected chi connectivity index (χ4v) is 5.15. The van der Waals surface area contributed by atoms with E-state index in [4.69, 9.17) is 17.0 Å². The summed E-state index contributed by atoms with van der Waals surface area (Å²) in [5, 5.41) is 11.1. The molecule has 1 heterocycles. The molecule has 160 valence electrons. The van der Waals surface area contributed by atoms with Gasteiger partial charge >= 0.3 is 0 Å². The van der Waals surface area contributed by atoms with E-state index in [1.807, 2.05) is 0 Å². The van der Waals surface area contributed by atoms with E-state index in [0.29, 0.717) is 16.9 Å². The highest BCUT2D eigenvalue weighted by molar-refractivity contribution is 14.1. The predicted molar refractivity (Wildman–Crippen MR) is 135 cm³/mol. The lowest BCUT2D eigenvalue weighted by Gasteiger charge is -2.31. The summed E-state index contributed by atoms with van der Waals surface area (Å²) in [6.07, 6.45) is 1.54. The first-order valence-corrected chi connectivity index (χ1v) is 11.3. The molecular formula is C20H15I2N3O5S. The van der Waals surface area contributed by atoms with E-state index in [-0.39, 0.29) is 23.0 Å². The number of nitro groups is 1. The Morgan fingerprint density at radius 1 is 1.10 bits per heavy atom. The van der Waals surface area contributed by atoms with Crippen LogP contribution in [-0.4, -0.2) is 45.7 Å². The maximum absolute atomic E-state index is 12.5. The van der Waals surface area contributed by atoms with E-state index in [1.54, 1.807) is 24.3 Å². The van der Waals surface area contributed by atoms with E-state index >= 15 is 0 Å². The molecule has 0 bridgehead atoms. The lowest BCUT2D eigenvalue weighted by molar-refractivity contribution is -0.384. The zero-order valence-corrected chi connectivity index (χ0v) is 21.4. The van der Waals surface area contributed by atoms with E-state index in [1.165, 1.54) is 42.1 Å². The van der Waals surface area contributed by atoms with Gasteiger partial charge < -0.3 is 4.74 Å². The topological polar surface area (TPSA) is 93.0 Å². The van der Waals surface area contributed by atoms with Gasteiger partial charge in [0, 0.05) is 26.2 Å². The number of likely N-dealkylation sites (N-methyl/N-ethyl adjacent to an activating group) is 2. The molecule has 2 amide bonds. The van der Waals surface area contributed by atoms with Crippen molar-refractivity contribution in [1.82, 2.24) is 9.80 Å². The van der Waals surface area contributed by atoms with Crippen LogP contribution >= 0.6 is 57.4 Å². The second kappa shape index (κ2) is 9.56. The molecule has 0 saturated carbocycles. The van der Waals surface area contributed by atoms with Crippen molar-refractivity contribution in [3.05, 3.63) is 70.4 Å². The molecule has 3 rings (SSSR count). The standard InChI is InChI=1S/C20H15I2N3O5S/c1-23-18(26)14(19(27)24(2)20(23)31)7-12-8-15(21)17(16(22)9-12)30-10-11-4-3-5-13(6-11)25(28)29/h3-9H,10H2,1-2H3. The highest BCUT2D eigenvalue weighted by atomic mass is 127. The van der Waals surface area contributed by atoms with Crippen LogP contribution in [0.5, 0.6) is 5.75 Å². The largest absolute Gasteiger partial charge is 0.487 e. The zero-order chi connectivity index (χ0) is 22.9. The van der Waals surface area contributed by atoms with Crippen molar-refractivity contribution in [3.8, 4) is 5.75 Å². The summed E-state index contributed by atoms with van der Waals surface area (Å²) in [6, 6.07) is 9.85. The molecule has 11 heteroatoms. The number of nitrogens with zero attached hydrogens (tertiary/aromatic N) is 3. The van der Waals surface area contributed by atoms with Crippen molar-refractivity contribution in [2.75, 3.05) is 14.1 Å². The van der Waals surface area contributed by atoms with E-state index < -0.39 is 16.7 Å². The SMILES string of the molecule is CN1C(=O)C(=Cc2cc(I)c(OCc3cccc([N+](=O)[O-])c3)c(I)c2)C(=O)N(C)C1=S. The van der Waals surface area contributed by atoms with Crippen LogP contribution in [0.25, 0.3) is 6.08 Å². The van der Waals surface area contributed by atoms with Crippen LogP contribution in [-0.2, 0) is 16.2 Å². The third-order valence-electron chi connectivity index (χ3n) is 4.48. The average molecular weight is 663 g/mol. The van der Waals surface area contributed by atoms with Crippen molar-refractivity contribution in [2.24, 2.45) is 0 Å². The molecule has 1 aliphatic rings. The van der Waals surface area contributed by atoms with Gasteiger partial charge in [0.05, 0.1) is 12.1 Å². The molecule has 8 nitrogen and oxygen atoms in total. The minimum Gasteiger partial charge on any atom is -0.487 e. The highest BCUT2D eigenvalue weighted by Crippen LogP contribution is 2.31. The molecule has 0 spiro atoms. The van der Waals surface area contributed by atoms with Crippen LogP contribution < -0.4 is 4.74 Å². The molecule has 2 aromatic rings. The Balaban J connectivity index is 1.85. The van der Waals surface area contributed by atoms with E-state index in [9.17, 15) is 19.7 Å². The van der Waals surface area contributed by atoms with Crippen molar-refractivity contribution in [2.45, 2.75) is 6.61 Å². The first-order chi connectivity index (χ1) is 14.6. The lowest BCUT2D eigenvalue weighted by atomic mass is 10.1. The number of thiocarbonyl (C=S) groups is 1. The van der Waals surface area contributed by atoms with E-state index in [2.05, 4.69) is 45.2 Å². The molecule has 1 fully saturated rings. The molecule has 1 aliphatic heterocycles. The molecule has 0 N–H and O–H groups in total. The van der Waals surface area contributed by atoms with Crippen molar-refractivity contribution >= 4 is 86.1 Å². The number of hydrogen-bond donors (Lipinski definition) is 0. The summed E-state index contributed by atoms with van der Waals surface area (Å²) in [5.41, 5.74) is 1.37. The Kier molecular flexibility index (Phi) is 7.26. The summed E-state index contributed by atoms with van der Waals surface area (Å²) in [5.74, 6) is -0.292. The monoisotopic (exact) mass is 663 g/mol. The number of halogens is 2. The van der Waals surface area contributed by atoms with E-state index in [0.717, 1.165) is 7.14 Å². The Hall–Kier alpha value is -2.13. The molecule has 0 atom stereocenters. The van der Waals surface area contributed by atoms with Gasteiger partial charge in [0.2, 0.25) is 0 Å². The molecular weight excluding hydrogens is 648 g/mol. The fourth-order valence-electron chi connectivity index (χ4n) is 2.86. The van der Waals surface area contributed by atoms with Crippen LogP contribution in [0.4, 0.5) is 5.69 Å². The fraction of sp³-hybridized carbons (Fsp3) is 0.150. The second-order valence-corrected chi connectivity index (χ2v) is 9.29. The third kappa shape index (κ3) is 5.03. The summed E-state index contributed by atoms with van der Waals surface area (Å²) >= 11 is 9.32. The molecule has 0 aromatic heterocycles. The normalized spacial score (nSPS) is 14.2. The zero-order valence-electron chi connectivity index (χ0n) is 16.3. The number of carbonyl (C=O) groups excluding carboxylic acids is 2. The number of non-ortho nitro benzene ring substituents is 1. The molecule has 1 saturated heterocycles. The first kappa shape index (κ1) is 23.5. The maximum atomic E-state index is 12.5. The number of ether oxygens (including phenoxy) is 1. The van der Waals surface area contributed by atoms with Crippen LogP contribution in [0.15, 0.2) is 42.0 Å². The van der Waals surface area contributed by atoms with Gasteiger partial charge in [-0.3, -0.25) is 29.5 Å². The maximum Gasteiger partial charge on any atom is 0.269 e. The van der Waals surface area contributed by atoms with Gasteiger partial charge in [-0.05, 0) is 86.7 Å². The van der Waals surface area contributed by atoms with Gasteiger partial charge in [0.25, 0.3) is 17.5 Å². The Bertz CT molecular complexity index is 1100. The molecule has 2 aromatic carbocycles. The molecule has 0 unspecified atom stereocenters. The summed E-state index contributed by atoms with van der Waals surface area (Å²) < 4.78 is 7.44. The Labute approximate surface area is 210 Å². The number of hydrogen-bond acceptors (Lipinski definition) is 6. The number of nitro benzene ring substituents is 1. The van der Waals surface area contributed by atoms with Crippen LogP contribution in [0, 0.1) is 17.3 Å². The summed E-state index contributed by atoms with van der Waals surface area (Å²) in [7, 11) is 3.06. The Morgan fingerprint density at radius 3 is 2.23 bits per heavy atom. The minimum absolute atomic E-state index is 0.00343. The van der Waals surface area contributed by atoms with Crippen molar-refractivity contribution in [3.63, 3.8) is 0 Å². The van der Waals surface area contributed by atoms with Crippen molar-refractivity contribution in [1.29, 1.82) is 0 Å². The summed E-state index contributed by atoms with van der Waals surface area (Å²) in [6.45, 7) is 0.165. The smallest absolute Gasteiger partial charge is 0.269 e. The van der Waals surface area contributed by atoms with Crippen LogP contribution in [0.3, 0.4) is 0 Å². The van der Waals surface area contributed by atoms with Gasteiger partial charge in [-0.2, -0.15) is 0 Å². The van der Waals surface area contributed by atoms with Gasteiger partial charge in [-0.1, -0.05) is 12.1 Å². The predicted octanol–water partition coefficient (Wildman–Crippen LogP) is 3.98. The van der Waals surface area contributed by atoms with Gasteiger partial charge in [-0.15, -0.1) is 0 Å². The third-order valence-corrected chi connectivity index (χ3v) is 6.63. The average Bonchev–Trinajstić information content (AvgIpc) is 2.73. The van der Waals surface area contributed by atoms with Crippen molar-refractivity contribution < 1.29 is 19.2 Å². The number of carbonyl (C=O) groups is 2. The molecule has 0 aliphatic carbocycles. The number of benzene rings is 2. The number of rotatable bonds is 5. The quantitative estimate of drug-likeness (QED) is 0.120. The molecule has 0 radical (unpaired) electrons. The van der Waals surface area contributed by atoms with Crippen LogP contribution in [0.1, 0.15) is 11.1 Å². The lowest BCUT2D eigenvalue weighted by Crippen LogP contribution is -2.52. The second-order valence-electron chi connectivity index (χ2n) is 6.60. The first-order valence-electron chi connectivity index (χ1n) is 8.77. The van der Waals surface area contributed by atoms with Gasteiger partial charge in [-0.25, -0.2) is 0 Å². The highest BCUT2D eigenvalue weighted by Gasteiger charge is 2.35. The Morgan fingerprint density at radius 2 is 1.68 bits per heavy atom. The minimum atomic E-state index is -0.455. The van der Waals surface area contributed by atoms with Crippen LogP contribution in [0.2, 0.25) is 0 Å². The van der Waals surface area contributed by atoms with Gasteiger partial charge in [0.15, 0.2) is 5.11 Å². The van der Waals surface area contributed by atoms with Gasteiger partial charge in [0.1, 0.15) is 17.9 Å². The number of amides is 2. The molecule has 31 heavy (non-hydrogen) atoms. The summed E-state index contributed by atoms with van der Waals surface area (Å²) in [4.78, 5) is 38.0.